The number of hydrogen-bond donors (Lipinski definition) is 0. The molecule has 1 nitrogen and oxygen atoms in total. The molecule has 0 spiro atoms. The van der Waals surface area contributed by atoms with E-state index in [-0.39, 0.29) is 6.04 Å². The molecular formula is C11H16N-. The van der Waals surface area contributed by atoms with Crippen LogP contribution in [0.1, 0.15) is 36.1 Å². The quantitative estimate of drug-likeness (QED) is 0.631. The predicted molar refractivity (Wildman–Crippen MR) is 53.3 cm³/mol. The van der Waals surface area contributed by atoms with Crippen LogP contribution in [0.2, 0.25) is 0 Å². The van der Waals surface area contributed by atoms with E-state index in [1.54, 1.807) is 0 Å². The number of aryl methyl sites for hydroxylation is 1. The molecule has 0 aliphatic rings. The molecule has 1 aromatic rings. The van der Waals surface area contributed by atoms with E-state index in [0.717, 1.165) is 6.42 Å². The van der Waals surface area contributed by atoms with Gasteiger partial charge in [0.25, 0.3) is 0 Å². The molecule has 0 aliphatic heterocycles. The van der Waals surface area contributed by atoms with E-state index in [2.05, 4.69) is 32.9 Å². The Labute approximate surface area is 74.6 Å². The molecule has 0 fully saturated rings. The molecule has 1 aromatic carbocycles. The Morgan fingerprint density at radius 2 is 2.00 bits per heavy atom. The first-order chi connectivity index (χ1) is 5.66. The lowest BCUT2D eigenvalue weighted by Crippen LogP contribution is -1.95. The average molecular weight is 162 g/mol. The molecule has 1 N–H and O–H groups in total. The third-order valence-corrected chi connectivity index (χ3v) is 2.43. The summed E-state index contributed by atoms with van der Waals surface area (Å²) in [7, 11) is 0. The van der Waals surface area contributed by atoms with E-state index in [4.69, 9.17) is 5.73 Å². The van der Waals surface area contributed by atoms with Gasteiger partial charge in [-0.25, -0.2) is 0 Å². The minimum absolute atomic E-state index is 0.0510. The van der Waals surface area contributed by atoms with Crippen LogP contribution in [0.4, 0.5) is 0 Å². The highest BCUT2D eigenvalue weighted by atomic mass is 14.6. The predicted octanol–water partition coefficient (Wildman–Crippen LogP) is 3.81. The molecular weight excluding hydrogens is 146 g/mol. The summed E-state index contributed by atoms with van der Waals surface area (Å²) in [6.07, 6.45) is 0.893. The SMILES string of the molecule is CCC([NH-])c1cccc(C)c1C. The molecule has 0 bridgehead atoms. The molecule has 0 amide bonds. The van der Waals surface area contributed by atoms with Gasteiger partial charge in [-0.2, -0.15) is 0 Å². The Morgan fingerprint density at radius 1 is 1.33 bits per heavy atom. The molecule has 0 saturated carbocycles. The van der Waals surface area contributed by atoms with E-state index in [1.807, 2.05) is 6.07 Å². The van der Waals surface area contributed by atoms with Crippen molar-refractivity contribution in [1.82, 2.24) is 0 Å². The summed E-state index contributed by atoms with van der Waals surface area (Å²) in [6.45, 7) is 6.25. The Bertz CT molecular complexity index is 266. The standard InChI is InChI=1S/C11H16N/c1-4-11(12)10-7-5-6-8(2)9(10)3/h5-7,11-12H,4H2,1-3H3/q-1. The third kappa shape index (κ3) is 1.67. The summed E-state index contributed by atoms with van der Waals surface area (Å²) in [6, 6.07) is 6.14. The molecule has 1 rings (SSSR count). The smallest absolute Gasteiger partial charge is 0.0393 e. The van der Waals surface area contributed by atoms with Gasteiger partial charge in [-0.05, 0) is 25.0 Å². The Hall–Kier alpha value is -0.820. The fraction of sp³-hybridized carbons (Fsp3) is 0.455. The number of nitrogens with one attached hydrogen (secondary N) is 1. The van der Waals surface area contributed by atoms with Gasteiger partial charge in [0.2, 0.25) is 0 Å². The second kappa shape index (κ2) is 3.72. The van der Waals surface area contributed by atoms with E-state index in [9.17, 15) is 0 Å². The van der Waals surface area contributed by atoms with Crippen molar-refractivity contribution in [2.24, 2.45) is 0 Å². The van der Waals surface area contributed by atoms with E-state index in [1.165, 1.54) is 16.7 Å². The van der Waals surface area contributed by atoms with Crippen LogP contribution in [0, 0.1) is 13.8 Å². The largest absolute Gasteiger partial charge is 0.671 e. The molecule has 1 heteroatoms. The lowest BCUT2D eigenvalue weighted by molar-refractivity contribution is 0.801. The molecule has 0 heterocycles. The zero-order chi connectivity index (χ0) is 9.14. The average Bonchev–Trinajstić information content (AvgIpc) is 2.08. The fourth-order valence-corrected chi connectivity index (χ4v) is 1.37. The van der Waals surface area contributed by atoms with Gasteiger partial charge in [0.05, 0.1) is 0 Å². The fourth-order valence-electron chi connectivity index (χ4n) is 1.37. The van der Waals surface area contributed by atoms with Gasteiger partial charge in [-0.15, -0.1) is 6.04 Å². The van der Waals surface area contributed by atoms with Crippen molar-refractivity contribution in [2.75, 3.05) is 0 Å². The first-order valence-electron chi connectivity index (χ1n) is 4.44. The third-order valence-electron chi connectivity index (χ3n) is 2.43. The van der Waals surface area contributed by atoms with Gasteiger partial charge >= 0.3 is 0 Å². The van der Waals surface area contributed by atoms with Crippen molar-refractivity contribution in [3.05, 3.63) is 40.6 Å². The number of rotatable bonds is 2. The first kappa shape index (κ1) is 9.27. The molecule has 66 valence electrons. The molecule has 1 unspecified atom stereocenters. The highest BCUT2D eigenvalue weighted by Crippen LogP contribution is 2.24. The highest BCUT2D eigenvalue weighted by molar-refractivity contribution is 5.36. The lowest BCUT2D eigenvalue weighted by atomic mass is 9.97. The summed E-state index contributed by atoms with van der Waals surface area (Å²) in [5.41, 5.74) is 11.5. The van der Waals surface area contributed by atoms with Gasteiger partial charge in [-0.1, -0.05) is 37.1 Å². The van der Waals surface area contributed by atoms with Gasteiger partial charge in [-0.3, -0.25) is 0 Å². The summed E-state index contributed by atoms with van der Waals surface area (Å²) in [4.78, 5) is 0. The van der Waals surface area contributed by atoms with Crippen LogP contribution in [-0.2, 0) is 0 Å². The zero-order valence-electron chi connectivity index (χ0n) is 8.02. The maximum Gasteiger partial charge on any atom is -0.0393 e. The molecule has 1 atom stereocenters. The first-order valence-corrected chi connectivity index (χ1v) is 4.44. The van der Waals surface area contributed by atoms with E-state index >= 15 is 0 Å². The van der Waals surface area contributed by atoms with Crippen molar-refractivity contribution >= 4 is 0 Å². The monoisotopic (exact) mass is 162 g/mol. The molecule has 0 saturated heterocycles. The van der Waals surface area contributed by atoms with Crippen LogP contribution in [0.3, 0.4) is 0 Å². The molecule has 0 aliphatic carbocycles. The summed E-state index contributed by atoms with van der Waals surface area (Å²) in [5.74, 6) is 0. The van der Waals surface area contributed by atoms with Gasteiger partial charge in [0.15, 0.2) is 0 Å². The van der Waals surface area contributed by atoms with Crippen molar-refractivity contribution in [3.63, 3.8) is 0 Å². The lowest BCUT2D eigenvalue weighted by Gasteiger charge is -2.21. The van der Waals surface area contributed by atoms with Gasteiger partial charge in [0, 0.05) is 0 Å². The second-order valence-electron chi connectivity index (χ2n) is 3.25. The maximum absolute atomic E-state index is 7.80. The van der Waals surface area contributed by atoms with Crippen LogP contribution >= 0.6 is 0 Å². The Kier molecular flexibility index (Phi) is 2.88. The Morgan fingerprint density at radius 3 is 2.58 bits per heavy atom. The van der Waals surface area contributed by atoms with Crippen LogP contribution in [0.5, 0.6) is 0 Å². The van der Waals surface area contributed by atoms with Gasteiger partial charge in [0.1, 0.15) is 0 Å². The van der Waals surface area contributed by atoms with E-state index < -0.39 is 0 Å². The summed E-state index contributed by atoms with van der Waals surface area (Å²) >= 11 is 0. The van der Waals surface area contributed by atoms with Crippen LogP contribution < -0.4 is 0 Å². The van der Waals surface area contributed by atoms with Gasteiger partial charge < -0.3 is 5.73 Å². The number of benzene rings is 1. The molecule has 0 radical (unpaired) electrons. The topological polar surface area (TPSA) is 23.8 Å². The number of hydrogen-bond acceptors (Lipinski definition) is 0. The second-order valence-corrected chi connectivity index (χ2v) is 3.25. The zero-order valence-corrected chi connectivity index (χ0v) is 8.02. The Balaban J connectivity index is 3.07. The van der Waals surface area contributed by atoms with Crippen molar-refractivity contribution in [2.45, 2.75) is 33.2 Å². The van der Waals surface area contributed by atoms with Crippen LogP contribution in [-0.4, -0.2) is 0 Å². The van der Waals surface area contributed by atoms with Crippen molar-refractivity contribution in [1.29, 1.82) is 0 Å². The summed E-state index contributed by atoms with van der Waals surface area (Å²) < 4.78 is 0. The van der Waals surface area contributed by atoms with Crippen molar-refractivity contribution in [3.8, 4) is 0 Å². The van der Waals surface area contributed by atoms with E-state index in [0.29, 0.717) is 0 Å². The minimum Gasteiger partial charge on any atom is -0.671 e. The minimum atomic E-state index is -0.0510. The summed E-state index contributed by atoms with van der Waals surface area (Å²) in [5, 5.41) is 0. The normalized spacial score (nSPS) is 13.0. The molecule has 12 heavy (non-hydrogen) atoms. The van der Waals surface area contributed by atoms with Crippen LogP contribution in [0.25, 0.3) is 5.73 Å². The van der Waals surface area contributed by atoms with Crippen molar-refractivity contribution < 1.29 is 0 Å². The molecule has 0 aromatic heterocycles. The van der Waals surface area contributed by atoms with Crippen LogP contribution in [0.15, 0.2) is 18.2 Å². The highest BCUT2D eigenvalue weighted by Gasteiger charge is 2.01. The maximum atomic E-state index is 7.80.